The Morgan fingerprint density at radius 2 is 1.96 bits per heavy atom. The summed E-state index contributed by atoms with van der Waals surface area (Å²) in [6.45, 7) is 1.53. The highest BCUT2D eigenvalue weighted by Crippen LogP contribution is 2.30. The number of pyridine rings is 1. The third-order valence-corrected chi connectivity index (χ3v) is 4.93. The standard InChI is InChI=1S/C20H18N2O4S/c23-19(15-3-4-16(22-20(15)24)14-6-9-27-12-14)21-11-13-2-5-17-18(10-13)26-8-1-7-25-17/h2-6,9-10,12H,1,7-8,11H2,(H,21,23)(H,22,24). The average Bonchev–Trinajstić information content (AvgIpc) is 3.12. The molecule has 1 aromatic carbocycles. The Morgan fingerprint density at radius 1 is 1.11 bits per heavy atom. The second-order valence-corrected chi connectivity index (χ2v) is 6.92. The number of thiophene rings is 1. The average molecular weight is 382 g/mol. The van der Waals surface area contributed by atoms with Crippen LogP contribution in [0.15, 0.2) is 52.0 Å². The number of rotatable bonds is 4. The van der Waals surface area contributed by atoms with Gasteiger partial charge in [-0.05, 0) is 41.3 Å². The van der Waals surface area contributed by atoms with Crippen LogP contribution in [0.3, 0.4) is 0 Å². The van der Waals surface area contributed by atoms with E-state index in [1.165, 1.54) is 0 Å². The molecule has 1 aliphatic heterocycles. The first-order valence-electron chi connectivity index (χ1n) is 8.63. The van der Waals surface area contributed by atoms with Crippen LogP contribution in [0.2, 0.25) is 0 Å². The van der Waals surface area contributed by atoms with Gasteiger partial charge in [-0.2, -0.15) is 11.3 Å². The van der Waals surface area contributed by atoms with Gasteiger partial charge in [0.2, 0.25) is 0 Å². The van der Waals surface area contributed by atoms with Gasteiger partial charge >= 0.3 is 0 Å². The van der Waals surface area contributed by atoms with Crippen molar-refractivity contribution in [1.82, 2.24) is 10.3 Å². The van der Waals surface area contributed by atoms with E-state index in [1.54, 1.807) is 23.5 Å². The van der Waals surface area contributed by atoms with Crippen LogP contribution in [0, 0.1) is 0 Å². The number of carbonyl (C=O) groups excluding carboxylic acids is 1. The van der Waals surface area contributed by atoms with Gasteiger partial charge in [0.25, 0.3) is 11.5 Å². The molecule has 6 nitrogen and oxygen atoms in total. The fraction of sp³-hybridized carbons (Fsp3) is 0.200. The predicted molar refractivity (Wildman–Crippen MR) is 104 cm³/mol. The summed E-state index contributed by atoms with van der Waals surface area (Å²) < 4.78 is 11.3. The summed E-state index contributed by atoms with van der Waals surface area (Å²) >= 11 is 1.55. The van der Waals surface area contributed by atoms with Gasteiger partial charge in [-0.25, -0.2) is 0 Å². The molecule has 0 aliphatic carbocycles. The molecule has 0 bridgehead atoms. The Balaban J connectivity index is 1.45. The zero-order valence-corrected chi connectivity index (χ0v) is 15.3. The lowest BCUT2D eigenvalue weighted by atomic mass is 10.1. The lowest BCUT2D eigenvalue weighted by Crippen LogP contribution is -2.29. The van der Waals surface area contributed by atoms with Crippen LogP contribution in [0.1, 0.15) is 22.3 Å². The summed E-state index contributed by atoms with van der Waals surface area (Å²) in [4.78, 5) is 27.4. The fourth-order valence-electron chi connectivity index (χ4n) is 2.83. The maximum absolute atomic E-state index is 12.4. The molecule has 0 unspecified atom stereocenters. The number of benzene rings is 1. The first-order valence-corrected chi connectivity index (χ1v) is 9.57. The number of amides is 1. The minimum atomic E-state index is -0.416. The highest BCUT2D eigenvalue weighted by Gasteiger charge is 2.14. The second kappa shape index (κ2) is 7.67. The monoisotopic (exact) mass is 382 g/mol. The molecule has 1 aliphatic rings. The molecule has 0 atom stereocenters. The van der Waals surface area contributed by atoms with Crippen LogP contribution >= 0.6 is 11.3 Å². The number of nitrogens with one attached hydrogen (secondary N) is 2. The van der Waals surface area contributed by atoms with Crippen molar-refractivity contribution in [2.24, 2.45) is 0 Å². The first kappa shape index (κ1) is 17.4. The summed E-state index contributed by atoms with van der Waals surface area (Å²) in [6, 6.07) is 10.8. The third kappa shape index (κ3) is 3.88. The van der Waals surface area contributed by atoms with E-state index in [4.69, 9.17) is 9.47 Å². The zero-order valence-electron chi connectivity index (χ0n) is 14.5. The molecule has 1 amide bonds. The zero-order chi connectivity index (χ0) is 18.6. The minimum Gasteiger partial charge on any atom is -0.490 e. The Hall–Kier alpha value is -3.06. The van der Waals surface area contributed by atoms with Crippen LogP contribution < -0.4 is 20.3 Å². The summed E-state index contributed by atoms with van der Waals surface area (Å²) in [5.41, 5.74) is 2.18. The Bertz CT molecular complexity index is 1010. The molecule has 0 saturated carbocycles. The van der Waals surface area contributed by atoms with Crippen LogP contribution in [0.5, 0.6) is 11.5 Å². The van der Waals surface area contributed by atoms with Gasteiger partial charge in [-0.3, -0.25) is 9.59 Å². The molecule has 3 heterocycles. The topological polar surface area (TPSA) is 80.4 Å². The number of ether oxygens (including phenoxy) is 2. The quantitative estimate of drug-likeness (QED) is 0.726. The van der Waals surface area contributed by atoms with Crippen molar-refractivity contribution >= 4 is 17.2 Å². The number of hydrogen-bond donors (Lipinski definition) is 2. The van der Waals surface area contributed by atoms with E-state index in [2.05, 4.69) is 10.3 Å². The molecule has 3 aromatic rings. The fourth-order valence-corrected chi connectivity index (χ4v) is 3.49. The summed E-state index contributed by atoms with van der Waals surface area (Å²) in [5.74, 6) is 0.973. The van der Waals surface area contributed by atoms with Crippen molar-refractivity contribution < 1.29 is 14.3 Å². The number of aromatic amines is 1. The third-order valence-electron chi connectivity index (χ3n) is 4.25. The van der Waals surface area contributed by atoms with Crippen LogP contribution in [0.25, 0.3) is 11.3 Å². The molecule has 0 radical (unpaired) electrons. The van der Waals surface area contributed by atoms with E-state index in [9.17, 15) is 9.59 Å². The first-order chi connectivity index (χ1) is 13.2. The largest absolute Gasteiger partial charge is 0.490 e. The molecule has 138 valence electrons. The molecular formula is C20H18N2O4S. The SMILES string of the molecule is O=C(NCc1ccc2c(c1)OCCCO2)c1ccc(-c2ccsc2)[nH]c1=O. The Labute approximate surface area is 159 Å². The maximum Gasteiger partial charge on any atom is 0.261 e. The van der Waals surface area contributed by atoms with E-state index >= 15 is 0 Å². The number of fused-ring (bicyclic) bond motifs is 1. The summed E-state index contributed by atoms with van der Waals surface area (Å²) in [6.07, 6.45) is 0.838. The van der Waals surface area contributed by atoms with E-state index < -0.39 is 11.5 Å². The van der Waals surface area contributed by atoms with Crippen LogP contribution in [-0.2, 0) is 6.54 Å². The van der Waals surface area contributed by atoms with Crippen molar-refractivity contribution in [2.75, 3.05) is 13.2 Å². The molecular weight excluding hydrogens is 364 g/mol. The van der Waals surface area contributed by atoms with Crippen molar-refractivity contribution in [3.05, 3.63) is 68.6 Å². The van der Waals surface area contributed by atoms with E-state index in [1.807, 2.05) is 35.0 Å². The van der Waals surface area contributed by atoms with Crippen LogP contribution in [-0.4, -0.2) is 24.1 Å². The Morgan fingerprint density at radius 3 is 2.74 bits per heavy atom. The molecule has 27 heavy (non-hydrogen) atoms. The summed E-state index contributed by atoms with van der Waals surface area (Å²) in [5, 5.41) is 6.65. The van der Waals surface area contributed by atoms with Gasteiger partial charge in [-0.15, -0.1) is 0 Å². The van der Waals surface area contributed by atoms with Gasteiger partial charge in [0, 0.05) is 29.6 Å². The van der Waals surface area contributed by atoms with Gasteiger partial charge in [0.05, 0.1) is 13.2 Å². The molecule has 0 saturated heterocycles. The van der Waals surface area contributed by atoms with Crippen molar-refractivity contribution in [1.29, 1.82) is 0 Å². The van der Waals surface area contributed by atoms with Gasteiger partial charge in [-0.1, -0.05) is 6.07 Å². The van der Waals surface area contributed by atoms with Gasteiger partial charge in [0.1, 0.15) is 5.56 Å². The lowest BCUT2D eigenvalue weighted by molar-refractivity contribution is 0.0949. The molecule has 2 aromatic heterocycles. The maximum atomic E-state index is 12.4. The van der Waals surface area contributed by atoms with Gasteiger partial charge < -0.3 is 19.8 Å². The normalized spacial score (nSPS) is 13.0. The minimum absolute atomic E-state index is 0.0864. The number of hydrogen-bond acceptors (Lipinski definition) is 5. The predicted octanol–water partition coefficient (Wildman–Crippen LogP) is 3.19. The summed E-state index contributed by atoms with van der Waals surface area (Å²) in [7, 11) is 0. The molecule has 0 fully saturated rings. The highest BCUT2D eigenvalue weighted by molar-refractivity contribution is 7.08. The van der Waals surface area contributed by atoms with E-state index in [0.717, 1.165) is 17.5 Å². The van der Waals surface area contributed by atoms with Crippen molar-refractivity contribution in [3.8, 4) is 22.8 Å². The van der Waals surface area contributed by atoms with Gasteiger partial charge in [0.15, 0.2) is 11.5 Å². The van der Waals surface area contributed by atoms with Crippen LogP contribution in [0.4, 0.5) is 0 Å². The lowest BCUT2D eigenvalue weighted by Gasteiger charge is -2.10. The van der Waals surface area contributed by atoms with E-state index in [-0.39, 0.29) is 5.56 Å². The molecule has 7 heteroatoms. The number of aromatic nitrogens is 1. The number of H-pyrrole nitrogens is 1. The number of carbonyl (C=O) groups is 1. The Kier molecular flexibility index (Phi) is 4.93. The molecule has 0 spiro atoms. The molecule has 4 rings (SSSR count). The smallest absolute Gasteiger partial charge is 0.261 e. The second-order valence-electron chi connectivity index (χ2n) is 6.14. The highest BCUT2D eigenvalue weighted by atomic mass is 32.1. The molecule has 2 N–H and O–H groups in total. The van der Waals surface area contributed by atoms with E-state index in [0.29, 0.717) is 37.0 Å². The van der Waals surface area contributed by atoms with Crippen molar-refractivity contribution in [3.63, 3.8) is 0 Å². The van der Waals surface area contributed by atoms with Crippen molar-refractivity contribution in [2.45, 2.75) is 13.0 Å².